The largest absolute Gasteiger partial charge is 0.481 e. The molecule has 2 rings (SSSR count). The molecule has 6 nitrogen and oxygen atoms in total. The maximum absolute atomic E-state index is 12.0. The molecule has 0 atom stereocenters. The quantitative estimate of drug-likeness (QED) is 0.728. The van der Waals surface area contributed by atoms with Crippen LogP contribution in [-0.2, 0) is 20.8 Å². The van der Waals surface area contributed by atoms with Crippen molar-refractivity contribution in [3.05, 3.63) is 29.8 Å². The van der Waals surface area contributed by atoms with Crippen molar-refractivity contribution in [2.24, 2.45) is 0 Å². The Bertz CT molecular complexity index is 576. The molecule has 1 heterocycles. The summed E-state index contributed by atoms with van der Waals surface area (Å²) >= 11 is 1.24. The molecule has 1 aromatic carbocycles. The molecule has 0 saturated heterocycles. The number of carboxylic acid groups (broad SMARTS) is 1. The van der Waals surface area contributed by atoms with Crippen LogP contribution in [-0.4, -0.2) is 47.5 Å². The average molecular weight is 322 g/mol. The van der Waals surface area contributed by atoms with E-state index in [2.05, 4.69) is 5.32 Å². The molecule has 2 amide bonds. The van der Waals surface area contributed by atoms with Crippen molar-refractivity contribution in [3.63, 3.8) is 0 Å². The van der Waals surface area contributed by atoms with Crippen LogP contribution in [0.5, 0.6) is 0 Å². The van der Waals surface area contributed by atoms with E-state index in [0.717, 1.165) is 11.3 Å². The second-order valence-corrected chi connectivity index (χ2v) is 6.01. The zero-order valence-corrected chi connectivity index (χ0v) is 12.9. The Balaban J connectivity index is 1.83. The summed E-state index contributed by atoms with van der Waals surface area (Å²) in [6.07, 6.45) is 1.12. The third-order valence-electron chi connectivity index (χ3n) is 3.29. The van der Waals surface area contributed by atoms with Crippen molar-refractivity contribution in [1.29, 1.82) is 0 Å². The Morgan fingerprint density at radius 3 is 2.82 bits per heavy atom. The fourth-order valence-electron chi connectivity index (χ4n) is 2.29. The number of fused-ring (bicyclic) bond motifs is 1. The minimum Gasteiger partial charge on any atom is -0.481 e. The minimum atomic E-state index is -0.869. The number of carbonyl (C=O) groups excluding carboxylic acids is 2. The lowest BCUT2D eigenvalue weighted by Crippen LogP contribution is -2.43. The first kappa shape index (κ1) is 16.4. The highest BCUT2D eigenvalue weighted by Crippen LogP contribution is 2.26. The summed E-state index contributed by atoms with van der Waals surface area (Å²) < 4.78 is 0. The van der Waals surface area contributed by atoms with Gasteiger partial charge >= 0.3 is 5.97 Å². The maximum atomic E-state index is 12.0. The lowest BCUT2D eigenvalue weighted by Gasteiger charge is -2.28. The first-order valence-electron chi connectivity index (χ1n) is 7.02. The normalized spacial score (nSPS) is 13.6. The summed E-state index contributed by atoms with van der Waals surface area (Å²) in [5.41, 5.74) is 1.88. The second kappa shape index (κ2) is 7.84. The molecule has 7 heteroatoms. The number of nitrogens with zero attached hydrogens (tertiary/aromatic N) is 1. The molecule has 0 aliphatic carbocycles. The van der Waals surface area contributed by atoms with Crippen LogP contribution in [0.25, 0.3) is 0 Å². The second-order valence-electron chi connectivity index (χ2n) is 4.90. The van der Waals surface area contributed by atoms with Crippen molar-refractivity contribution in [2.45, 2.75) is 12.8 Å². The number of carboxylic acids is 1. The van der Waals surface area contributed by atoms with Gasteiger partial charge in [-0.3, -0.25) is 14.4 Å². The fraction of sp³-hybridized carbons (Fsp3) is 0.400. The first-order chi connectivity index (χ1) is 10.6. The molecule has 1 aromatic rings. The van der Waals surface area contributed by atoms with Crippen LogP contribution in [0.3, 0.4) is 0 Å². The number of hydrogen-bond donors (Lipinski definition) is 2. The highest BCUT2D eigenvalue weighted by molar-refractivity contribution is 7.99. The number of amides is 2. The van der Waals surface area contributed by atoms with Crippen molar-refractivity contribution >= 4 is 35.2 Å². The topological polar surface area (TPSA) is 86.7 Å². The average Bonchev–Trinajstić information content (AvgIpc) is 2.49. The summed E-state index contributed by atoms with van der Waals surface area (Å²) in [5, 5.41) is 11.2. The van der Waals surface area contributed by atoms with Gasteiger partial charge in [-0.05, 0) is 18.1 Å². The molecule has 1 aliphatic rings. The number of aryl methyl sites for hydroxylation is 1. The van der Waals surface area contributed by atoms with E-state index >= 15 is 0 Å². The minimum absolute atomic E-state index is 0.000552. The van der Waals surface area contributed by atoms with E-state index in [1.54, 1.807) is 0 Å². The van der Waals surface area contributed by atoms with Crippen LogP contribution in [0, 0.1) is 0 Å². The third kappa shape index (κ3) is 4.49. The summed E-state index contributed by atoms with van der Waals surface area (Å²) in [5.74, 6) is -0.599. The summed E-state index contributed by atoms with van der Waals surface area (Å²) in [7, 11) is 0. The van der Waals surface area contributed by atoms with E-state index < -0.39 is 5.97 Å². The summed E-state index contributed by atoms with van der Waals surface area (Å²) in [6.45, 7) is 0.389. The van der Waals surface area contributed by atoms with Crippen molar-refractivity contribution < 1.29 is 19.5 Å². The number of hydrogen-bond acceptors (Lipinski definition) is 4. The molecule has 0 saturated carbocycles. The highest BCUT2D eigenvalue weighted by Gasteiger charge is 2.25. The van der Waals surface area contributed by atoms with Crippen molar-refractivity contribution in [3.8, 4) is 0 Å². The number of carbonyl (C=O) groups is 3. The smallest absolute Gasteiger partial charge is 0.313 e. The van der Waals surface area contributed by atoms with Gasteiger partial charge in [-0.1, -0.05) is 18.2 Å². The highest BCUT2D eigenvalue weighted by atomic mass is 32.2. The van der Waals surface area contributed by atoms with Crippen LogP contribution in [0.2, 0.25) is 0 Å². The Morgan fingerprint density at radius 1 is 1.27 bits per heavy atom. The molecule has 22 heavy (non-hydrogen) atoms. The molecular weight excluding hydrogens is 304 g/mol. The van der Waals surface area contributed by atoms with Gasteiger partial charge in [0.05, 0.1) is 5.75 Å². The van der Waals surface area contributed by atoms with Gasteiger partial charge in [0.15, 0.2) is 0 Å². The van der Waals surface area contributed by atoms with E-state index in [-0.39, 0.29) is 24.1 Å². The van der Waals surface area contributed by atoms with Gasteiger partial charge in [0.2, 0.25) is 11.8 Å². The number of nitrogens with one attached hydrogen (secondary N) is 1. The predicted molar refractivity (Wildman–Crippen MR) is 85.1 cm³/mol. The van der Waals surface area contributed by atoms with E-state index in [0.29, 0.717) is 25.1 Å². The van der Waals surface area contributed by atoms with E-state index in [1.807, 2.05) is 24.3 Å². The number of rotatable bonds is 7. The number of anilines is 1. The zero-order valence-electron chi connectivity index (χ0n) is 12.1. The molecule has 0 aromatic heterocycles. The lowest BCUT2D eigenvalue weighted by atomic mass is 10.0. The molecule has 118 valence electrons. The molecular formula is C15H18N2O4S. The summed E-state index contributed by atoms with van der Waals surface area (Å²) in [6, 6.07) is 7.59. The number of aliphatic carboxylic acids is 1. The number of thioether (sulfide) groups is 1. The molecule has 0 fully saturated rings. The number of benzene rings is 1. The Hall–Kier alpha value is -2.02. The SMILES string of the molecule is O=C(O)CSCCNC(=O)CN1C(=O)CCc2ccccc21. The van der Waals surface area contributed by atoms with E-state index in [4.69, 9.17) is 5.11 Å². The van der Waals surface area contributed by atoms with Gasteiger partial charge in [0.1, 0.15) is 6.54 Å². The predicted octanol–water partition coefficient (Wildman–Crippen LogP) is 0.900. The van der Waals surface area contributed by atoms with Gasteiger partial charge in [0.25, 0.3) is 0 Å². The lowest BCUT2D eigenvalue weighted by molar-refractivity contribution is -0.134. The van der Waals surface area contributed by atoms with E-state index in [9.17, 15) is 14.4 Å². The molecule has 0 radical (unpaired) electrons. The fourth-order valence-corrected chi connectivity index (χ4v) is 2.86. The monoisotopic (exact) mass is 322 g/mol. The molecule has 0 spiro atoms. The summed E-state index contributed by atoms with van der Waals surface area (Å²) in [4.78, 5) is 35.8. The van der Waals surface area contributed by atoms with Gasteiger partial charge < -0.3 is 15.3 Å². The third-order valence-corrected chi connectivity index (χ3v) is 4.23. The van der Waals surface area contributed by atoms with E-state index in [1.165, 1.54) is 16.7 Å². The Labute approximate surface area is 132 Å². The van der Waals surface area contributed by atoms with Gasteiger partial charge in [-0.15, -0.1) is 11.8 Å². The van der Waals surface area contributed by atoms with Crippen LogP contribution < -0.4 is 10.2 Å². The van der Waals surface area contributed by atoms with Crippen molar-refractivity contribution in [1.82, 2.24) is 5.32 Å². The van der Waals surface area contributed by atoms with Crippen LogP contribution in [0.15, 0.2) is 24.3 Å². The standard InChI is InChI=1S/C15H18N2O4S/c18-13(16-7-8-22-10-15(20)21)9-17-12-4-2-1-3-11(12)5-6-14(17)19/h1-4H,5-10H2,(H,16,18)(H,20,21). The van der Waals surface area contributed by atoms with Gasteiger partial charge in [0, 0.05) is 24.4 Å². The van der Waals surface area contributed by atoms with Crippen LogP contribution >= 0.6 is 11.8 Å². The maximum Gasteiger partial charge on any atom is 0.313 e. The molecule has 0 bridgehead atoms. The molecule has 2 N–H and O–H groups in total. The van der Waals surface area contributed by atoms with Crippen LogP contribution in [0.4, 0.5) is 5.69 Å². The Kier molecular flexibility index (Phi) is 5.83. The first-order valence-corrected chi connectivity index (χ1v) is 8.18. The number of para-hydroxylation sites is 1. The van der Waals surface area contributed by atoms with Gasteiger partial charge in [-0.25, -0.2) is 0 Å². The van der Waals surface area contributed by atoms with Crippen LogP contribution in [0.1, 0.15) is 12.0 Å². The zero-order chi connectivity index (χ0) is 15.9. The van der Waals surface area contributed by atoms with Crippen molar-refractivity contribution in [2.75, 3.05) is 29.5 Å². The van der Waals surface area contributed by atoms with Gasteiger partial charge in [-0.2, -0.15) is 0 Å². The molecule has 1 aliphatic heterocycles. The molecule has 0 unspecified atom stereocenters. The Morgan fingerprint density at radius 2 is 2.05 bits per heavy atom.